The van der Waals surface area contributed by atoms with E-state index in [1.54, 1.807) is 18.3 Å². The Balaban J connectivity index is 2.13. The molecule has 2 rings (SSSR count). The van der Waals surface area contributed by atoms with Crippen LogP contribution in [0.15, 0.2) is 18.3 Å². The van der Waals surface area contributed by atoms with E-state index in [0.717, 1.165) is 32.6 Å². The van der Waals surface area contributed by atoms with Crippen LogP contribution in [0.2, 0.25) is 0 Å². The Hall–Kier alpha value is -1.66. The van der Waals surface area contributed by atoms with Gasteiger partial charge in [0, 0.05) is 32.4 Å². The smallest absolute Gasteiger partial charge is 0.341 e. The Bertz CT molecular complexity index is 453. The molecule has 0 atom stereocenters. The van der Waals surface area contributed by atoms with E-state index in [-0.39, 0.29) is 12.6 Å². The zero-order valence-electron chi connectivity index (χ0n) is 11.8. The molecule has 0 radical (unpaired) electrons. The second-order valence-corrected chi connectivity index (χ2v) is 4.77. The first-order valence-corrected chi connectivity index (χ1v) is 6.87. The molecule has 6 heteroatoms. The van der Waals surface area contributed by atoms with Crippen molar-refractivity contribution in [1.29, 1.82) is 0 Å². The maximum atomic E-state index is 11.8. The number of hydrogen-bond donors (Lipinski definition) is 1. The highest BCUT2D eigenvalue weighted by Crippen LogP contribution is 2.19. The molecular weight excluding hydrogens is 258 g/mol. The Labute approximate surface area is 119 Å². The summed E-state index contributed by atoms with van der Waals surface area (Å²) in [4.78, 5) is 20.5. The van der Waals surface area contributed by atoms with Crippen LogP contribution in [0.4, 0.5) is 5.82 Å². The molecule has 1 aromatic heterocycles. The minimum atomic E-state index is -0.357. The number of ether oxygens (including phenoxy) is 1. The first-order valence-electron chi connectivity index (χ1n) is 6.87. The van der Waals surface area contributed by atoms with E-state index in [2.05, 4.69) is 14.8 Å². The molecule has 20 heavy (non-hydrogen) atoms. The summed E-state index contributed by atoms with van der Waals surface area (Å²) in [6, 6.07) is 3.48. The maximum Gasteiger partial charge on any atom is 0.341 e. The van der Waals surface area contributed by atoms with Crippen LogP contribution >= 0.6 is 0 Å². The van der Waals surface area contributed by atoms with Gasteiger partial charge in [0.1, 0.15) is 11.4 Å². The van der Waals surface area contributed by atoms with Crippen molar-refractivity contribution in [2.75, 3.05) is 51.3 Å². The van der Waals surface area contributed by atoms with Gasteiger partial charge in [0.15, 0.2) is 0 Å². The minimum absolute atomic E-state index is 0.178. The topological polar surface area (TPSA) is 65.9 Å². The van der Waals surface area contributed by atoms with Crippen LogP contribution in [0, 0.1) is 0 Å². The van der Waals surface area contributed by atoms with E-state index in [9.17, 15) is 4.79 Å². The monoisotopic (exact) mass is 279 g/mol. The summed E-state index contributed by atoms with van der Waals surface area (Å²) in [6.45, 7) is 4.33. The third-order valence-electron chi connectivity index (χ3n) is 3.50. The van der Waals surface area contributed by atoms with Gasteiger partial charge in [-0.25, -0.2) is 9.78 Å². The predicted octanol–water partition coefficient (Wildman–Crippen LogP) is 0.373. The molecule has 6 nitrogen and oxygen atoms in total. The van der Waals surface area contributed by atoms with Crippen LogP contribution in [0.5, 0.6) is 0 Å². The molecular formula is C14H21N3O3. The molecule has 0 bridgehead atoms. The third kappa shape index (κ3) is 3.46. The van der Waals surface area contributed by atoms with Gasteiger partial charge in [-0.05, 0) is 25.1 Å². The summed E-state index contributed by atoms with van der Waals surface area (Å²) in [6.07, 6.45) is 2.68. The SMILES string of the molecule is COC(=O)c1cccnc1N1CCCN(CCO)CC1. The van der Waals surface area contributed by atoms with Gasteiger partial charge in [0.05, 0.1) is 13.7 Å². The van der Waals surface area contributed by atoms with Gasteiger partial charge in [0.2, 0.25) is 0 Å². The largest absolute Gasteiger partial charge is 0.465 e. The number of methoxy groups -OCH3 is 1. The number of carbonyl (C=O) groups is 1. The number of pyridine rings is 1. The molecule has 1 aromatic rings. The van der Waals surface area contributed by atoms with Crippen molar-refractivity contribution in [3.05, 3.63) is 23.9 Å². The Morgan fingerprint density at radius 1 is 1.40 bits per heavy atom. The number of nitrogens with zero attached hydrogens (tertiary/aromatic N) is 3. The highest BCUT2D eigenvalue weighted by atomic mass is 16.5. The summed E-state index contributed by atoms with van der Waals surface area (Å²) in [7, 11) is 1.38. The van der Waals surface area contributed by atoms with Gasteiger partial charge in [-0.2, -0.15) is 0 Å². The van der Waals surface area contributed by atoms with E-state index in [4.69, 9.17) is 9.84 Å². The quantitative estimate of drug-likeness (QED) is 0.804. The number of anilines is 1. The highest BCUT2D eigenvalue weighted by molar-refractivity contribution is 5.94. The fraction of sp³-hybridized carbons (Fsp3) is 0.571. The van der Waals surface area contributed by atoms with Crippen molar-refractivity contribution in [3.63, 3.8) is 0 Å². The van der Waals surface area contributed by atoms with Gasteiger partial charge in [-0.1, -0.05) is 0 Å². The summed E-state index contributed by atoms with van der Waals surface area (Å²) < 4.78 is 4.81. The summed E-state index contributed by atoms with van der Waals surface area (Å²) in [5.41, 5.74) is 0.505. The van der Waals surface area contributed by atoms with Crippen LogP contribution in [0.25, 0.3) is 0 Å². The third-order valence-corrected chi connectivity index (χ3v) is 3.50. The van der Waals surface area contributed by atoms with Gasteiger partial charge >= 0.3 is 5.97 Å². The molecule has 1 N–H and O–H groups in total. The lowest BCUT2D eigenvalue weighted by Gasteiger charge is -2.23. The van der Waals surface area contributed by atoms with Crippen LogP contribution < -0.4 is 4.90 Å². The van der Waals surface area contributed by atoms with Gasteiger partial charge in [-0.15, -0.1) is 0 Å². The van der Waals surface area contributed by atoms with Crippen molar-refractivity contribution in [3.8, 4) is 0 Å². The number of esters is 1. The van der Waals surface area contributed by atoms with Crippen LogP contribution in [-0.2, 0) is 4.74 Å². The normalized spacial score (nSPS) is 16.8. The minimum Gasteiger partial charge on any atom is -0.465 e. The highest BCUT2D eigenvalue weighted by Gasteiger charge is 2.21. The fourth-order valence-corrected chi connectivity index (χ4v) is 2.47. The van der Waals surface area contributed by atoms with E-state index < -0.39 is 0 Å². The molecule has 1 aliphatic rings. The number of aliphatic hydroxyl groups is 1. The van der Waals surface area contributed by atoms with Crippen molar-refractivity contribution in [2.24, 2.45) is 0 Å². The number of β-amino-alcohol motifs (C(OH)–C–C–N with tert-alkyl or cyclic N) is 1. The van der Waals surface area contributed by atoms with E-state index in [1.165, 1.54) is 7.11 Å². The molecule has 0 aliphatic carbocycles. The molecule has 1 aliphatic heterocycles. The van der Waals surface area contributed by atoms with Crippen LogP contribution in [0.3, 0.4) is 0 Å². The molecule has 1 fully saturated rings. The number of aromatic nitrogens is 1. The zero-order chi connectivity index (χ0) is 14.4. The van der Waals surface area contributed by atoms with Crippen molar-refractivity contribution < 1.29 is 14.6 Å². The van der Waals surface area contributed by atoms with Gasteiger partial charge in [-0.3, -0.25) is 4.90 Å². The van der Waals surface area contributed by atoms with Crippen molar-refractivity contribution in [2.45, 2.75) is 6.42 Å². The van der Waals surface area contributed by atoms with Crippen LogP contribution in [-0.4, -0.2) is 67.4 Å². The summed E-state index contributed by atoms with van der Waals surface area (Å²) in [5, 5.41) is 9.01. The van der Waals surface area contributed by atoms with E-state index in [1.807, 2.05) is 0 Å². The molecule has 1 saturated heterocycles. The average molecular weight is 279 g/mol. The fourth-order valence-electron chi connectivity index (χ4n) is 2.47. The average Bonchev–Trinajstić information content (AvgIpc) is 2.72. The Kier molecular flexibility index (Phi) is 5.31. The number of aliphatic hydroxyl groups excluding tert-OH is 1. The number of carbonyl (C=O) groups excluding carboxylic acids is 1. The second kappa shape index (κ2) is 7.21. The lowest BCUT2D eigenvalue weighted by Crippen LogP contribution is -2.33. The predicted molar refractivity (Wildman–Crippen MR) is 75.9 cm³/mol. The lowest BCUT2D eigenvalue weighted by molar-refractivity contribution is 0.0601. The molecule has 0 saturated carbocycles. The summed E-state index contributed by atoms with van der Waals surface area (Å²) >= 11 is 0. The molecule has 110 valence electrons. The van der Waals surface area contributed by atoms with Crippen LogP contribution in [0.1, 0.15) is 16.8 Å². The van der Waals surface area contributed by atoms with Gasteiger partial charge in [0.25, 0.3) is 0 Å². The standard InChI is InChI=1S/C14H21N3O3/c1-20-14(19)12-4-2-5-15-13(12)17-7-3-6-16(8-9-17)10-11-18/h2,4-5,18H,3,6-11H2,1H3. The van der Waals surface area contributed by atoms with Crippen molar-refractivity contribution in [1.82, 2.24) is 9.88 Å². The Morgan fingerprint density at radius 2 is 2.25 bits per heavy atom. The summed E-state index contributed by atoms with van der Waals surface area (Å²) in [5.74, 6) is 0.328. The van der Waals surface area contributed by atoms with E-state index in [0.29, 0.717) is 17.9 Å². The first kappa shape index (κ1) is 14.7. The molecule has 0 unspecified atom stereocenters. The number of hydrogen-bond acceptors (Lipinski definition) is 6. The molecule has 0 aromatic carbocycles. The first-order chi connectivity index (χ1) is 9.76. The Morgan fingerprint density at radius 3 is 3.00 bits per heavy atom. The zero-order valence-corrected chi connectivity index (χ0v) is 11.8. The maximum absolute atomic E-state index is 11.8. The van der Waals surface area contributed by atoms with E-state index >= 15 is 0 Å². The van der Waals surface area contributed by atoms with Gasteiger partial charge < -0.3 is 14.7 Å². The second-order valence-electron chi connectivity index (χ2n) is 4.77. The molecule has 0 amide bonds. The lowest BCUT2D eigenvalue weighted by atomic mass is 10.2. The molecule has 0 spiro atoms. The van der Waals surface area contributed by atoms with Crippen molar-refractivity contribution >= 4 is 11.8 Å². The number of rotatable bonds is 4. The molecule has 2 heterocycles.